The van der Waals surface area contributed by atoms with Gasteiger partial charge in [-0.2, -0.15) is 0 Å². The van der Waals surface area contributed by atoms with Gasteiger partial charge in [0.1, 0.15) is 0 Å². The molecule has 1 rings (SSSR count). The third-order valence-corrected chi connectivity index (χ3v) is 2.60. The first-order chi connectivity index (χ1) is 7.79. The molecular weight excluding hydrogens is 220 g/mol. The number of para-hydroxylation sites is 1. The topological polar surface area (TPSA) is 41.1 Å². The molecular formula is C12H18N2OS. The Morgan fingerprint density at radius 3 is 2.75 bits per heavy atom. The van der Waals surface area contributed by atoms with Gasteiger partial charge in [-0.3, -0.25) is 4.79 Å². The molecule has 2 N–H and O–H groups in total. The van der Waals surface area contributed by atoms with Crippen molar-refractivity contribution in [3.8, 4) is 0 Å². The number of hydrogen-bond acceptors (Lipinski definition) is 3. The Bertz CT molecular complexity index is 342. The first kappa shape index (κ1) is 12.9. The van der Waals surface area contributed by atoms with E-state index < -0.39 is 0 Å². The van der Waals surface area contributed by atoms with Crippen LogP contribution in [0.2, 0.25) is 0 Å². The van der Waals surface area contributed by atoms with Crippen molar-refractivity contribution in [2.75, 3.05) is 11.3 Å². The summed E-state index contributed by atoms with van der Waals surface area (Å²) in [4.78, 5) is 11.8. The van der Waals surface area contributed by atoms with Crippen molar-refractivity contribution in [2.45, 2.75) is 26.2 Å². The number of unbranched alkanes of at least 4 members (excludes halogenated alkanes) is 2. The Hall–Kier alpha value is -1.16. The van der Waals surface area contributed by atoms with Gasteiger partial charge in [-0.1, -0.05) is 44.7 Å². The van der Waals surface area contributed by atoms with E-state index in [1.165, 1.54) is 0 Å². The molecule has 0 atom stereocenters. The van der Waals surface area contributed by atoms with E-state index in [1.807, 2.05) is 18.2 Å². The quantitative estimate of drug-likeness (QED) is 0.527. The summed E-state index contributed by atoms with van der Waals surface area (Å²) in [6.45, 7) is 2.87. The number of carbonyl (C=O) groups excluding carboxylic acids is 1. The Labute approximate surface area is 102 Å². The molecule has 0 fully saturated rings. The zero-order valence-corrected chi connectivity index (χ0v) is 10.4. The molecule has 0 radical (unpaired) electrons. The van der Waals surface area contributed by atoms with Crippen molar-refractivity contribution in [1.29, 1.82) is 0 Å². The lowest BCUT2D eigenvalue weighted by Gasteiger charge is -2.08. The van der Waals surface area contributed by atoms with Crippen LogP contribution in [0.1, 0.15) is 36.5 Å². The van der Waals surface area contributed by atoms with Crippen molar-refractivity contribution in [3.63, 3.8) is 0 Å². The molecule has 88 valence electrons. The number of hydrogen-bond donors (Lipinski definition) is 3. The maximum Gasteiger partial charge on any atom is 0.253 e. The second-order valence-corrected chi connectivity index (χ2v) is 3.84. The van der Waals surface area contributed by atoms with E-state index >= 15 is 0 Å². The van der Waals surface area contributed by atoms with Gasteiger partial charge in [0.05, 0.1) is 11.3 Å². The van der Waals surface area contributed by atoms with Gasteiger partial charge >= 0.3 is 0 Å². The van der Waals surface area contributed by atoms with Gasteiger partial charge in [0, 0.05) is 6.54 Å². The van der Waals surface area contributed by atoms with Crippen LogP contribution in [0.25, 0.3) is 0 Å². The third kappa shape index (κ3) is 3.77. The smallest absolute Gasteiger partial charge is 0.253 e. The van der Waals surface area contributed by atoms with Crippen LogP contribution in [-0.4, -0.2) is 12.5 Å². The fourth-order valence-electron chi connectivity index (χ4n) is 1.45. The van der Waals surface area contributed by atoms with E-state index in [0.29, 0.717) is 5.56 Å². The van der Waals surface area contributed by atoms with Gasteiger partial charge in [-0.15, -0.1) is 0 Å². The van der Waals surface area contributed by atoms with E-state index in [1.54, 1.807) is 6.07 Å². The number of anilines is 1. The molecule has 4 heteroatoms. The number of carbonyl (C=O) groups is 1. The van der Waals surface area contributed by atoms with Gasteiger partial charge in [0.2, 0.25) is 0 Å². The summed E-state index contributed by atoms with van der Waals surface area (Å²) >= 11 is 3.97. The molecule has 16 heavy (non-hydrogen) atoms. The molecule has 0 aromatic heterocycles. The normalized spacial score (nSPS) is 9.88. The Morgan fingerprint density at radius 2 is 2.06 bits per heavy atom. The first-order valence-corrected chi connectivity index (χ1v) is 6.01. The van der Waals surface area contributed by atoms with Crippen LogP contribution in [0.15, 0.2) is 24.3 Å². The number of benzene rings is 1. The summed E-state index contributed by atoms with van der Waals surface area (Å²) in [7, 11) is 0. The van der Waals surface area contributed by atoms with Crippen molar-refractivity contribution in [3.05, 3.63) is 29.8 Å². The summed E-state index contributed by atoms with van der Waals surface area (Å²) < 4.78 is 2.71. The zero-order valence-electron chi connectivity index (χ0n) is 9.49. The molecule has 0 aliphatic carbocycles. The van der Waals surface area contributed by atoms with E-state index in [4.69, 9.17) is 0 Å². The molecule has 0 saturated carbocycles. The molecule has 1 amide bonds. The predicted octanol–water partition coefficient (Wildman–Crippen LogP) is 2.86. The highest BCUT2D eigenvalue weighted by Gasteiger charge is 2.08. The second-order valence-electron chi connectivity index (χ2n) is 3.62. The summed E-state index contributed by atoms with van der Waals surface area (Å²) in [5.41, 5.74) is 1.37. The van der Waals surface area contributed by atoms with Crippen LogP contribution < -0.4 is 10.0 Å². The first-order valence-electron chi connectivity index (χ1n) is 5.57. The fourth-order valence-corrected chi connectivity index (χ4v) is 1.65. The zero-order chi connectivity index (χ0) is 11.8. The summed E-state index contributed by atoms with van der Waals surface area (Å²) in [5, 5.41) is 2.90. The van der Waals surface area contributed by atoms with Crippen LogP contribution in [0.3, 0.4) is 0 Å². The Morgan fingerprint density at radius 1 is 1.31 bits per heavy atom. The lowest BCUT2D eigenvalue weighted by molar-refractivity contribution is 0.0954. The predicted molar refractivity (Wildman–Crippen MR) is 70.9 cm³/mol. The van der Waals surface area contributed by atoms with Gasteiger partial charge in [0.25, 0.3) is 5.91 Å². The molecule has 3 nitrogen and oxygen atoms in total. The molecule has 0 saturated heterocycles. The second kappa shape index (κ2) is 7.17. The monoisotopic (exact) mass is 238 g/mol. The molecule has 0 spiro atoms. The minimum atomic E-state index is -0.0479. The van der Waals surface area contributed by atoms with Crippen molar-refractivity contribution < 1.29 is 4.79 Å². The summed E-state index contributed by atoms with van der Waals surface area (Å²) in [6, 6.07) is 7.32. The number of rotatable bonds is 6. The molecule has 0 heterocycles. The average Bonchev–Trinajstić information content (AvgIpc) is 2.34. The maximum absolute atomic E-state index is 11.8. The van der Waals surface area contributed by atoms with E-state index in [-0.39, 0.29) is 5.91 Å². The standard InChI is InChI=1S/C12H18N2OS/c1-2-3-6-9-13-12(15)10-7-4-5-8-11(10)14-16/h4-5,7-8,14,16H,2-3,6,9H2,1H3,(H,13,15). The van der Waals surface area contributed by atoms with Crippen molar-refractivity contribution >= 4 is 24.4 Å². The number of thiol groups is 1. The molecule has 1 aromatic rings. The maximum atomic E-state index is 11.8. The molecule has 1 aromatic carbocycles. The van der Waals surface area contributed by atoms with E-state index in [2.05, 4.69) is 29.8 Å². The van der Waals surface area contributed by atoms with Gasteiger partial charge < -0.3 is 10.0 Å². The van der Waals surface area contributed by atoms with Gasteiger partial charge in [-0.05, 0) is 18.6 Å². The number of nitrogens with one attached hydrogen (secondary N) is 2. The Balaban J connectivity index is 2.52. The summed E-state index contributed by atoms with van der Waals surface area (Å²) in [6.07, 6.45) is 3.33. The molecule has 0 unspecified atom stereocenters. The lowest BCUT2D eigenvalue weighted by Crippen LogP contribution is -2.24. The van der Waals surface area contributed by atoms with Gasteiger partial charge in [-0.25, -0.2) is 0 Å². The Kier molecular flexibility index (Phi) is 5.78. The average molecular weight is 238 g/mol. The fraction of sp³-hybridized carbons (Fsp3) is 0.417. The SMILES string of the molecule is CCCCCNC(=O)c1ccccc1NS. The molecule has 0 aliphatic rings. The van der Waals surface area contributed by atoms with Crippen molar-refractivity contribution in [1.82, 2.24) is 5.32 Å². The van der Waals surface area contributed by atoms with E-state index in [9.17, 15) is 4.79 Å². The van der Waals surface area contributed by atoms with Crippen LogP contribution in [0.5, 0.6) is 0 Å². The van der Waals surface area contributed by atoms with Crippen molar-refractivity contribution in [2.24, 2.45) is 0 Å². The summed E-state index contributed by atoms with van der Waals surface area (Å²) in [5.74, 6) is -0.0479. The minimum Gasteiger partial charge on any atom is -0.352 e. The molecule has 0 aliphatic heterocycles. The van der Waals surface area contributed by atoms with Crippen LogP contribution in [0.4, 0.5) is 5.69 Å². The molecule has 0 bridgehead atoms. The van der Waals surface area contributed by atoms with Crippen LogP contribution in [0, 0.1) is 0 Å². The van der Waals surface area contributed by atoms with Gasteiger partial charge in [0.15, 0.2) is 0 Å². The highest BCUT2D eigenvalue weighted by Crippen LogP contribution is 2.15. The number of amides is 1. The third-order valence-electron chi connectivity index (χ3n) is 2.36. The highest BCUT2D eigenvalue weighted by atomic mass is 32.1. The lowest BCUT2D eigenvalue weighted by atomic mass is 10.1. The van der Waals surface area contributed by atoms with Crippen LogP contribution in [-0.2, 0) is 0 Å². The largest absolute Gasteiger partial charge is 0.352 e. The minimum absolute atomic E-state index is 0.0479. The van der Waals surface area contributed by atoms with E-state index in [0.717, 1.165) is 31.5 Å². The highest BCUT2D eigenvalue weighted by molar-refractivity contribution is 7.81. The van der Waals surface area contributed by atoms with Crippen LogP contribution >= 0.6 is 12.8 Å².